The number of aromatic nitrogens is 1. The summed E-state index contributed by atoms with van der Waals surface area (Å²) in [7, 11) is 1.45. The van der Waals surface area contributed by atoms with Gasteiger partial charge in [0, 0.05) is 19.3 Å². The summed E-state index contributed by atoms with van der Waals surface area (Å²) in [6.45, 7) is 1.79. The van der Waals surface area contributed by atoms with Gasteiger partial charge in [-0.25, -0.2) is 0 Å². The molecule has 0 aliphatic carbocycles. The quantitative estimate of drug-likeness (QED) is 0.785. The maximum atomic E-state index is 11.4. The molecule has 0 aromatic carbocycles. The number of methoxy groups -OCH3 is 1. The van der Waals surface area contributed by atoms with E-state index in [-0.39, 0.29) is 36.7 Å². The minimum Gasteiger partial charge on any atom is -0.469 e. The standard InChI is InChI=1S/C12H16N2O2.2ClH/c1-16-12(15)10-4-7-14(8-5-10)11-3-2-6-13-9-11;;/h2-3,6,9-10H,4-5,7-8H2,1H3;2*1H. The van der Waals surface area contributed by atoms with Crippen molar-refractivity contribution in [3.8, 4) is 0 Å². The van der Waals surface area contributed by atoms with Crippen LogP contribution >= 0.6 is 24.8 Å². The SMILES string of the molecule is COC(=O)C1CCN(c2cccnc2)CC1.Cl.Cl. The Kier molecular flexibility index (Phi) is 7.71. The number of anilines is 1. The second-order valence-electron chi connectivity index (χ2n) is 4.00. The summed E-state index contributed by atoms with van der Waals surface area (Å²) in [5.41, 5.74) is 1.13. The Morgan fingerprint density at radius 1 is 1.39 bits per heavy atom. The predicted octanol–water partition coefficient (Wildman–Crippen LogP) is 2.31. The highest BCUT2D eigenvalue weighted by Crippen LogP contribution is 2.22. The van der Waals surface area contributed by atoms with Crippen molar-refractivity contribution in [3.63, 3.8) is 0 Å². The highest BCUT2D eigenvalue weighted by atomic mass is 35.5. The number of hydrogen-bond acceptors (Lipinski definition) is 4. The van der Waals surface area contributed by atoms with Gasteiger partial charge < -0.3 is 9.64 Å². The fraction of sp³-hybridized carbons (Fsp3) is 0.500. The summed E-state index contributed by atoms with van der Waals surface area (Å²) in [6, 6.07) is 3.98. The second kappa shape index (κ2) is 8.16. The van der Waals surface area contributed by atoms with Gasteiger partial charge >= 0.3 is 5.97 Å². The molecule has 4 nitrogen and oxygen atoms in total. The molecule has 1 fully saturated rings. The van der Waals surface area contributed by atoms with Crippen LogP contribution in [0, 0.1) is 5.92 Å². The third-order valence-electron chi connectivity index (χ3n) is 3.04. The molecule has 0 spiro atoms. The Morgan fingerprint density at radius 2 is 2.06 bits per heavy atom. The molecular formula is C12H18Cl2N2O2. The van der Waals surface area contributed by atoms with Gasteiger partial charge in [0.05, 0.1) is 24.9 Å². The van der Waals surface area contributed by atoms with Crippen LogP contribution in [0.4, 0.5) is 5.69 Å². The van der Waals surface area contributed by atoms with Crippen molar-refractivity contribution in [1.29, 1.82) is 0 Å². The Labute approximate surface area is 120 Å². The summed E-state index contributed by atoms with van der Waals surface area (Å²) in [5.74, 6) is -0.0104. The van der Waals surface area contributed by atoms with E-state index in [1.54, 1.807) is 6.20 Å². The zero-order valence-corrected chi connectivity index (χ0v) is 11.9. The highest BCUT2D eigenvalue weighted by Gasteiger charge is 2.25. The Bertz CT molecular complexity index is 354. The number of hydrogen-bond donors (Lipinski definition) is 0. The number of halogens is 2. The highest BCUT2D eigenvalue weighted by molar-refractivity contribution is 5.85. The van der Waals surface area contributed by atoms with E-state index in [1.165, 1.54) is 7.11 Å². The van der Waals surface area contributed by atoms with Crippen LogP contribution in [-0.2, 0) is 9.53 Å². The molecule has 1 aromatic heterocycles. The van der Waals surface area contributed by atoms with Gasteiger partial charge in [-0.3, -0.25) is 9.78 Å². The molecule has 0 saturated carbocycles. The number of carbonyl (C=O) groups excluding carboxylic acids is 1. The Balaban J connectivity index is 0.00000144. The lowest BCUT2D eigenvalue weighted by Gasteiger charge is -2.32. The second-order valence-corrected chi connectivity index (χ2v) is 4.00. The van der Waals surface area contributed by atoms with Gasteiger partial charge in [0.15, 0.2) is 0 Å². The van der Waals surface area contributed by atoms with E-state index in [0.717, 1.165) is 31.6 Å². The fourth-order valence-electron chi connectivity index (χ4n) is 2.08. The first-order valence-electron chi connectivity index (χ1n) is 5.54. The monoisotopic (exact) mass is 292 g/mol. The van der Waals surface area contributed by atoms with E-state index >= 15 is 0 Å². The van der Waals surface area contributed by atoms with Crippen LogP contribution in [0.3, 0.4) is 0 Å². The molecule has 0 unspecified atom stereocenters. The van der Waals surface area contributed by atoms with Gasteiger partial charge in [0.2, 0.25) is 0 Å². The van der Waals surface area contributed by atoms with E-state index < -0.39 is 0 Å². The summed E-state index contributed by atoms with van der Waals surface area (Å²) < 4.78 is 4.76. The first-order valence-corrected chi connectivity index (χ1v) is 5.54. The minimum absolute atomic E-state index is 0. The lowest BCUT2D eigenvalue weighted by molar-refractivity contribution is -0.146. The lowest BCUT2D eigenvalue weighted by Crippen LogP contribution is -2.36. The van der Waals surface area contributed by atoms with Crippen molar-refractivity contribution >= 4 is 36.5 Å². The first-order chi connectivity index (χ1) is 7.81. The fourth-order valence-corrected chi connectivity index (χ4v) is 2.08. The van der Waals surface area contributed by atoms with Crippen LogP contribution in [0.15, 0.2) is 24.5 Å². The van der Waals surface area contributed by atoms with Crippen LogP contribution < -0.4 is 4.90 Å². The molecule has 1 aromatic rings. The molecule has 18 heavy (non-hydrogen) atoms. The molecule has 102 valence electrons. The van der Waals surface area contributed by atoms with Crippen molar-refractivity contribution in [3.05, 3.63) is 24.5 Å². The van der Waals surface area contributed by atoms with E-state index in [4.69, 9.17) is 4.74 Å². The van der Waals surface area contributed by atoms with Gasteiger partial charge in [0.25, 0.3) is 0 Å². The molecule has 2 heterocycles. The van der Waals surface area contributed by atoms with Crippen LogP contribution in [0.2, 0.25) is 0 Å². The van der Waals surface area contributed by atoms with Gasteiger partial charge in [0.1, 0.15) is 0 Å². The predicted molar refractivity (Wildman–Crippen MR) is 75.7 cm³/mol. The third kappa shape index (κ3) is 4.03. The van der Waals surface area contributed by atoms with Crippen LogP contribution in [-0.4, -0.2) is 31.2 Å². The van der Waals surface area contributed by atoms with Gasteiger partial charge in [-0.15, -0.1) is 24.8 Å². The molecule has 1 saturated heterocycles. The molecule has 0 radical (unpaired) electrons. The molecule has 0 atom stereocenters. The number of piperidine rings is 1. The van der Waals surface area contributed by atoms with E-state index in [9.17, 15) is 4.79 Å². The zero-order valence-electron chi connectivity index (χ0n) is 10.2. The van der Waals surface area contributed by atoms with Crippen molar-refractivity contribution in [2.24, 2.45) is 5.92 Å². The largest absolute Gasteiger partial charge is 0.469 e. The Hall–Kier alpha value is -1.00. The maximum Gasteiger partial charge on any atom is 0.308 e. The summed E-state index contributed by atoms with van der Waals surface area (Å²) in [4.78, 5) is 17.7. The molecule has 6 heteroatoms. The van der Waals surface area contributed by atoms with Crippen molar-refractivity contribution in [2.75, 3.05) is 25.1 Å². The average molecular weight is 293 g/mol. The minimum atomic E-state index is -0.0779. The third-order valence-corrected chi connectivity index (χ3v) is 3.04. The summed E-state index contributed by atoms with van der Waals surface area (Å²) in [6.07, 6.45) is 5.35. The van der Waals surface area contributed by atoms with Gasteiger partial charge in [-0.2, -0.15) is 0 Å². The molecule has 0 amide bonds. The number of nitrogens with zero attached hydrogens (tertiary/aromatic N) is 2. The van der Waals surface area contributed by atoms with Crippen LogP contribution in [0.5, 0.6) is 0 Å². The number of rotatable bonds is 2. The molecule has 1 aliphatic heterocycles. The van der Waals surface area contributed by atoms with Crippen LogP contribution in [0.25, 0.3) is 0 Å². The van der Waals surface area contributed by atoms with Gasteiger partial charge in [-0.1, -0.05) is 0 Å². The van der Waals surface area contributed by atoms with Crippen molar-refractivity contribution < 1.29 is 9.53 Å². The van der Waals surface area contributed by atoms with Crippen LogP contribution in [0.1, 0.15) is 12.8 Å². The smallest absolute Gasteiger partial charge is 0.308 e. The summed E-state index contributed by atoms with van der Waals surface area (Å²) in [5, 5.41) is 0. The topological polar surface area (TPSA) is 42.4 Å². The first kappa shape index (κ1) is 17.0. The molecular weight excluding hydrogens is 275 g/mol. The van der Waals surface area contributed by atoms with E-state index in [2.05, 4.69) is 9.88 Å². The average Bonchev–Trinajstić information content (AvgIpc) is 2.39. The molecule has 0 N–H and O–H groups in total. The van der Waals surface area contributed by atoms with E-state index in [0.29, 0.717) is 0 Å². The number of ether oxygens (including phenoxy) is 1. The summed E-state index contributed by atoms with van der Waals surface area (Å²) >= 11 is 0. The number of pyridine rings is 1. The number of carbonyl (C=O) groups is 1. The molecule has 0 bridgehead atoms. The Morgan fingerprint density at radius 3 is 2.56 bits per heavy atom. The normalized spacial score (nSPS) is 15.3. The van der Waals surface area contributed by atoms with Crippen molar-refractivity contribution in [2.45, 2.75) is 12.8 Å². The van der Waals surface area contributed by atoms with Gasteiger partial charge in [-0.05, 0) is 25.0 Å². The molecule has 2 rings (SSSR count). The number of esters is 1. The lowest BCUT2D eigenvalue weighted by atomic mass is 9.97. The zero-order chi connectivity index (χ0) is 11.4. The maximum absolute atomic E-state index is 11.4. The van der Waals surface area contributed by atoms with Crippen molar-refractivity contribution in [1.82, 2.24) is 4.98 Å². The molecule has 1 aliphatic rings. The van der Waals surface area contributed by atoms with E-state index in [1.807, 2.05) is 18.3 Å².